The van der Waals surface area contributed by atoms with Crippen molar-refractivity contribution < 1.29 is 4.39 Å². The van der Waals surface area contributed by atoms with Gasteiger partial charge in [-0.3, -0.25) is 0 Å². The van der Waals surface area contributed by atoms with E-state index in [0.717, 1.165) is 19.4 Å². The molecule has 0 saturated heterocycles. The summed E-state index contributed by atoms with van der Waals surface area (Å²) in [6.45, 7) is 3.21. The number of hydrogen-bond acceptors (Lipinski definition) is 1. The number of hydrogen-bond donors (Lipinski definition) is 0. The number of nitrogens with zero attached hydrogens (tertiary/aromatic N) is 1. The molecular weight excluding hydrogens is 153 g/mol. The molecule has 0 heterocycles. The Morgan fingerprint density at radius 1 is 1.42 bits per heavy atom. The number of halogens is 1. The SMILES string of the molecule is CCCN(C)C1=CC=C(F)CC1. The van der Waals surface area contributed by atoms with Crippen molar-refractivity contribution in [2.75, 3.05) is 13.6 Å². The fourth-order valence-corrected chi connectivity index (χ4v) is 1.40. The van der Waals surface area contributed by atoms with E-state index >= 15 is 0 Å². The Balaban J connectivity index is 2.52. The van der Waals surface area contributed by atoms with Gasteiger partial charge in [-0.1, -0.05) is 6.92 Å². The first-order chi connectivity index (χ1) is 5.74. The van der Waals surface area contributed by atoms with E-state index in [-0.39, 0.29) is 5.83 Å². The Morgan fingerprint density at radius 3 is 2.67 bits per heavy atom. The minimum atomic E-state index is 0.00338. The van der Waals surface area contributed by atoms with Crippen LogP contribution in [0, 0.1) is 0 Å². The highest BCUT2D eigenvalue weighted by Gasteiger charge is 2.08. The van der Waals surface area contributed by atoms with Crippen LogP contribution in [0.25, 0.3) is 0 Å². The van der Waals surface area contributed by atoms with Gasteiger partial charge in [-0.15, -0.1) is 0 Å². The first-order valence-corrected chi connectivity index (χ1v) is 4.50. The van der Waals surface area contributed by atoms with Gasteiger partial charge in [0.25, 0.3) is 0 Å². The summed E-state index contributed by atoms with van der Waals surface area (Å²) in [4.78, 5) is 2.20. The predicted molar refractivity (Wildman–Crippen MR) is 49.4 cm³/mol. The lowest BCUT2D eigenvalue weighted by atomic mass is 10.1. The summed E-state index contributed by atoms with van der Waals surface area (Å²) in [5, 5.41) is 0. The van der Waals surface area contributed by atoms with Crippen molar-refractivity contribution in [2.45, 2.75) is 26.2 Å². The van der Waals surface area contributed by atoms with E-state index in [9.17, 15) is 4.39 Å². The number of allylic oxidation sites excluding steroid dienone is 4. The Morgan fingerprint density at radius 2 is 2.17 bits per heavy atom. The molecule has 68 valence electrons. The van der Waals surface area contributed by atoms with E-state index < -0.39 is 0 Å². The third kappa shape index (κ3) is 2.36. The molecule has 0 amide bonds. The quantitative estimate of drug-likeness (QED) is 0.628. The van der Waals surface area contributed by atoms with Gasteiger partial charge in [0, 0.05) is 25.7 Å². The van der Waals surface area contributed by atoms with Crippen molar-refractivity contribution >= 4 is 0 Å². The van der Waals surface area contributed by atoms with Crippen LogP contribution in [0.2, 0.25) is 0 Å². The maximum atomic E-state index is 12.6. The van der Waals surface area contributed by atoms with Crippen LogP contribution in [0.1, 0.15) is 26.2 Å². The van der Waals surface area contributed by atoms with Crippen LogP contribution in [0.15, 0.2) is 23.7 Å². The van der Waals surface area contributed by atoms with E-state index in [4.69, 9.17) is 0 Å². The van der Waals surface area contributed by atoms with Crippen molar-refractivity contribution in [1.29, 1.82) is 0 Å². The van der Waals surface area contributed by atoms with E-state index in [2.05, 4.69) is 18.9 Å². The summed E-state index contributed by atoms with van der Waals surface area (Å²) in [5.74, 6) is 0.00338. The zero-order valence-corrected chi connectivity index (χ0v) is 7.81. The average molecular weight is 169 g/mol. The van der Waals surface area contributed by atoms with E-state index in [0.29, 0.717) is 6.42 Å². The maximum absolute atomic E-state index is 12.6. The third-order valence-electron chi connectivity index (χ3n) is 2.13. The molecule has 0 aromatic carbocycles. The van der Waals surface area contributed by atoms with Crippen LogP contribution >= 0.6 is 0 Å². The highest BCUT2D eigenvalue weighted by molar-refractivity contribution is 5.19. The molecule has 1 rings (SSSR count). The summed E-state index contributed by atoms with van der Waals surface area (Å²) >= 11 is 0. The van der Waals surface area contributed by atoms with Crippen LogP contribution < -0.4 is 0 Å². The second kappa shape index (κ2) is 4.29. The van der Waals surface area contributed by atoms with Crippen LogP contribution in [0.4, 0.5) is 4.39 Å². The monoisotopic (exact) mass is 169 g/mol. The molecule has 0 aliphatic heterocycles. The molecule has 0 bridgehead atoms. The summed E-state index contributed by atoms with van der Waals surface area (Å²) in [7, 11) is 2.06. The van der Waals surface area contributed by atoms with Crippen molar-refractivity contribution in [1.82, 2.24) is 4.90 Å². The number of rotatable bonds is 3. The fourth-order valence-electron chi connectivity index (χ4n) is 1.40. The second-order valence-electron chi connectivity index (χ2n) is 3.19. The van der Waals surface area contributed by atoms with Gasteiger partial charge in [0.05, 0.1) is 0 Å². The summed E-state index contributed by atoms with van der Waals surface area (Å²) in [6, 6.07) is 0. The minimum Gasteiger partial charge on any atom is -0.378 e. The second-order valence-corrected chi connectivity index (χ2v) is 3.19. The van der Waals surface area contributed by atoms with Crippen molar-refractivity contribution in [2.24, 2.45) is 0 Å². The van der Waals surface area contributed by atoms with Gasteiger partial charge >= 0.3 is 0 Å². The zero-order valence-electron chi connectivity index (χ0n) is 7.81. The zero-order chi connectivity index (χ0) is 8.97. The highest BCUT2D eigenvalue weighted by atomic mass is 19.1. The molecule has 12 heavy (non-hydrogen) atoms. The molecular formula is C10H16FN. The molecule has 0 saturated carbocycles. The predicted octanol–water partition coefficient (Wildman–Crippen LogP) is 2.86. The van der Waals surface area contributed by atoms with Gasteiger partial charge in [-0.05, 0) is 25.0 Å². The maximum Gasteiger partial charge on any atom is 0.100 e. The van der Waals surface area contributed by atoms with Crippen LogP contribution in [-0.2, 0) is 0 Å². The normalized spacial score (nSPS) is 16.9. The molecule has 0 radical (unpaired) electrons. The average Bonchev–Trinajstić information content (AvgIpc) is 2.06. The van der Waals surface area contributed by atoms with Crippen LogP contribution in [0.5, 0.6) is 0 Å². The summed E-state index contributed by atoms with van der Waals surface area (Å²) in [5.41, 5.74) is 1.25. The van der Waals surface area contributed by atoms with Crippen molar-refractivity contribution in [3.63, 3.8) is 0 Å². The van der Waals surface area contributed by atoms with Gasteiger partial charge in [-0.2, -0.15) is 0 Å². The summed E-state index contributed by atoms with van der Waals surface area (Å²) in [6.07, 6.45) is 6.01. The molecule has 0 aromatic heterocycles. The van der Waals surface area contributed by atoms with E-state index in [1.165, 1.54) is 5.70 Å². The molecule has 0 spiro atoms. The molecule has 0 N–H and O–H groups in total. The first kappa shape index (κ1) is 9.30. The lowest BCUT2D eigenvalue weighted by molar-refractivity contribution is 0.392. The standard InChI is InChI=1S/C10H16FN/c1-3-8-12(2)10-6-4-9(11)5-7-10/h4,6H,3,5,7-8H2,1-2H3. The van der Waals surface area contributed by atoms with E-state index in [1.807, 2.05) is 6.08 Å². The lowest BCUT2D eigenvalue weighted by Gasteiger charge is -2.23. The lowest BCUT2D eigenvalue weighted by Crippen LogP contribution is -2.19. The fraction of sp³-hybridized carbons (Fsp3) is 0.600. The smallest absolute Gasteiger partial charge is 0.100 e. The molecule has 1 aliphatic rings. The minimum absolute atomic E-state index is 0.00338. The largest absolute Gasteiger partial charge is 0.378 e. The van der Waals surface area contributed by atoms with Gasteiger partial charge in [0.2, 0.25) is 0 Å². The van der Waals surface area contributed by atoms with Gasteiger partial charge in [0.1, 0.15) is 5.83 Å². The molecule has 0 fully saturated rings. The van der Waals surface area contributed by atoms with Gasteiger partial charge in [-0.25, -0.2) is 4.39 Å². The van der Waals surface area contributed by atoms with Crippen molar-refractivity contribution in [3.05, 3.63) is 23.7 Å². The Labute approximate surface area is 73.6 Å². The topological polar surface area (TPSA) is 3.24 Å². The molecule has 0 atom stereocenters. The van der Waals surface area contributed by atoms with Crippen LogP contribution in [0.3, 0.4) is 0 Å². The Kier molecular flexibility index (Phi) is 3.32. The molecule has 0 unspecified atom stereocenters. The van der Waals surface area contributed by atoms with Gasteiger partial charge < -0.3 is 4.90 Å². The van der Waals surface area contributed by atoms with Gasteiger partial charge in [0.15, 0.2) is 0 Å². The first-order valence-electron chi connectivity index (χ1n) is 4.50. The van der Waals surface area contributed by atoms with Crippen LogP contribution in [-0.4, -0.2) is 18.5 Å². The summed E-state index contributed by atoms with van der Waals surface area (Å²) < 4.78 is 12.6. The molecule has 1 aliphatic carbocycles. The Bertz CT molecular complexity index is 206. The third-order valence-corrected chi connectivity index (χ3v) is 2.13. The van der Waals surface area contributed by atoms with Crippen molar-refractivity contribution in [3.8, 4) is 0 Å². The molecule has 1 nitrogen and oxygen atoms in total. The molecule has 2 heteroatoms. The molecule has 0 aromatic rings. The Hall–Kier alpha value is -0.790. The highest BCUT2D eigenvalue weighted by Crippen LogP contribution is 2.20. The van der Waals surface area contributed by atoms with E-state index in [1.54, 1.807) is 6.08 Å².